The lowest BCUT2D eigenvalue weighted by molar-refractivity contribution is 0.182. The summed E-state index contributed by atoms with van der Waals surface area (Å²) in [5.74, 6) is 5.68. The Morgan fingerprint density at radius 1 is 1.67 bits per heavy atom. The molecule has 2 aromatic heterocycles. The fourth-order valence-electron chi connectivity index (χ4n) is 1.79. The normalized spacial score (nSPS) is 12.8. The second kappa shape index (κ2) is 6.44. The van der Waals surface area contributed by atoms with Gasteiger partial charge in [-0.2, -0.15) is 16.4 Å². The van der Waals surface area contributed by atoms with Gasteiger partial charge in [-0.25, -0.2) is 5.43 Å². The van der Waals surface area contributed by atoms with Gasteiger partial charge in [0, 0.05) is 7.11 Å². The fraction of sp³-hybridized carbons (Fsp3) is 0.364. The Labute approximate surface area is 118 Å². The molecule has 98 valence electrons. The molecule has 0 amide bonds. The number of hydrogen-bond donors (Lipinski definition) is 2. The van der Waals surface area contributed by atoms with E-state index in [1.807, 2.05) is 10.1 Å². The predicted molar refractivity (Wildman–Crippen MR) is 75.3 cm³/mol. The van der Waals surface area contributed by atoms with Crippen LogP contribution in [0.2, 0.25) is 0 Å². The molecule has 1 atom stereocenters. The Bertz CT molecular complexity index is 485. The summed E-state index contributed by atoms with van der Waals surface area (Å²) in [5, 5.41) is 8.43. The lowest BCUT2D eigenvalue weighted by atomic mass is 10.1. The summed E-state index contributed by atoms with van der Waals surface area (Å²) in [6.07, 6.45) is 1.78. The summed E-state index contributed by atoms with van der Waals surface area (Å²) in [4.78, 5) is 0. The van der Waals surface area contributed by atoms with Crippen LogP contribution in [0.15, 0.2) is 27.5 Å². The number of halogens is 1. The average molecular weight is 331 g/mol. The molecule has 0 fully saturated rings. The molecule has 0 bridgehead atoms. The molecular formula is C11H15BrN4OS. The van der Waals surface area contributed by atoms with E-state index in [9.17, 15) is 0 Å². The minimum absolute atomic E-state index is 0.0787. The molecular weight excluding hydrogens is 316 g/mol. The zero-order valence-electron chi connectivity index (χ0n) is 9.97. The number of methoxy groups -OCH3 is 1. The van der Waals surface area contributed by atoms with Crippen LogP contribution in [0.3, 0.4) is 0 Å². The summed E-state index contributed by atoms with van der Waals surface area (Å²) in [7, 11) is 1.68. The standard InChI is InChI=1S/C11H15BrN4OS/c1-17-4-3-16-11(9(12)6-14-16)10(15-13)8-2-5-18-7-8/h2,5-7,10,15H,3-4,13H2,1H3. The van der Waals surface area contributed by atoms with E-state index in [0.29, 0.717) is 13.2 Å². The predicted octanol–water partition coefficient (Wildman–Crippen LogP) is 1.91. The third-order valence-corrected chi connectivity index (χ3v) is 3.97. The fourth-order valence-corrected chi connectivity index (χ4v) is 3.00. The van der Waals surface area contributed by atoms with Crippen LogP contribution in [0, 0.1) is 0 Å². The summed E-state index contributed by atoms with van der Waals surface area (Å²) >= 11 is 5.16. The SMILES string of the molecule is COCCn1ncc(Br)c1C(NN)c1ccsc1. The molecule has 2 heterocycles. The van der Waals surface area contributed by atoms with Crippen molar-refractivity contribution in [1.29, 1.82) is 0 Å². The summed E-state index contributed by atoms with van der Waals surface area (Å²) < 4.78 is 7.92. The van der Waals surface area contributed by atoms with Gasteiger partial charge in [-0.3, -0.25) is 10.5 Å². The van der Waals surface area contributed by atoms with Gasteiger partial charge in [0.2, 0.25) is 0 Å². The Morgan fingerprint density at radius 3 is 3.11 bits per heavy atom. The molecule has 18 heavy (non-hydrogen) atoms. The van der Waals surface area contributed by atoms with Crippen molar-refractivity contribution in [3.63, 3.8) is 0 Å². The molecule has 0 saturated carbocycles. The smallest absolute Gasteiger partial charge is 0.0897 e. The molecule has 2 rings (SSSR count). The molecule has 0 aliphatic heterocycles. The number of ether oxygens (including phenoxy) is 1. The lowest BCUT2D eigenvalue weighted by Gasteiger charge is -2.17. The van der Waals surface area contributed by atoms with Crippen molar-refractivity contribution < 1.29 is 4.74 Å². The van der Waals surface area contributed by atoms with Crippen LogP contribution in [-0.4, -0.2) is 23.5 Å². The number of hydrazine groups is 1. The maximum absolute atomic E-state index is 5.68. The molecule has 0 aliphatic carbocycles. The Kier molecular flexibility index (Phi) is 4.90. The quantitative estimate of drug-likeness (QED) is 0.627. The monoisotopic (exact) mass is 330 g/mol. The van der Waals surface area contributed by atoms with Gasteiger partial charge in [0.05, 0.1) is 35.6 Å². The van der Waals surface area contributed by atoms with E-state index in [-0.39, 0.29) is 6.04 Å². The lowest BCUT2D eigenvalue weighted by Crippen LogP contribution is -2.31. The van der Waals surface area contributed by atoms with E-state index in [1.54, 1.807) is 24.6 Å². The van der Waals surface area contributed by atoms with Crippen LogP contribution in [0.1, 0.15) is 17.3 Å². The van der Waals surface area contributed by atoms with Crippen LogP contribution < -0.4 is 11.3 Å². The molecule has 0 aliphatic rings. The first kappa shape index (κ1) is 13.7. The number of hydrogen-bond acceptors (Lipinski definition) is 5. The highest BCUT2D eigenvalue weighted by molar-refractivity contribution is 9.10. The summed E-state index contributed by atoms with van der Waals surface area (Å²) in [6, 6.07) is 1.97. The van der Waals surface area contributed by atoms with Crippen LogP contribution in [0.5, 0.6) is 0 Å². The minimum atomic E-state index is -0.0787. The number of aromatic nitrogens is 2. The Morgan fingerprint density at radius 2 is 2.50 bits per heavy atom. The molecule has 0 saturated heterocycles. The van der Waals surface area contributed by atoms with Gasteiger partial charge in [0.15, 0.2) is 0 Å². The number of nitrogens with zero attached hydrogens (tertiary/aromatic N) is 2. The third kappa shape index (κ3) is 2.81. The molecule has 2 aromatic rings. The average Bonchev–Trinajstić information content (AvgIpc) is 3.00. The minimum Gasteiger partial charge on any atom is -0.383 e. The molecule has 1 unspecified atom stereocenters. The number of thiophene rings is 1. The van der Waals surface area contributed by atoms with Crippen LogP contribution in [0.25, 0.3) is 0 Å². The van der Waals surface area contributed by atoms with Crippen molar-refractivity contribution in [2.45, 2.75) is 12.6 Å². The van der Waals surface area contributed by atoms with Crippen molar-refractivity contribution in [3.8, 4) is 0 Å². The first-order valence-electron chi connectivity index (χ1n) is 5.46. The van der Waals surface area contributed by atoms with E-state index in [4.69, 9.17) is 10.6 Å². The molecule has 7 heteroatoms. The number of nitrogens with one attached hydrogen (secondary N) is 1. The van der Waals surface area contributed by atoms with Crippen molar-refractivity contribution in [1.82, 2.24) is 15.2 Å². The number of rotatable bonds is 6. The van der Waals surface area contributed by atoms with Crippen LogP contribution >= 0.6 is 27.3 Å². The van der Waals surface area contributed by atoms with Gasteiger partial charge in [-0.15, -0.1) is 0 Å². The highest BCUT2D eigenvalue weighted by Crippen LogP contribution is 2.29. The summed E-state index contributed by atoms with van der Waals surface area (Å²) in [5.41, 5.74) is 4.97. The Hall–Kier alpha value is -0.730. The summed E-state index contributed by atoms with van der Waals surface area (Å²) in [6.45, 7) is 1.31. The van der Waals surface area contributed by atoms with E-state index < -0.39 is 0 Å². The van der Waals surface area contributed by atoms with Crippen molar-refractivity contribution >= 4 is 27.3 Å². The maximum atomic E-state index is 5.68. The Balaban J connectivity index is 2.32. The van der Waals surface area contributed by atoms with E-state index >= 15 is 0 Å². The van der Waals surface area contributed by atoms with Gasteiger partial charge >= 0.3 is 0 Å². The van der Waals surface area contributed by atoms with Gasteiger partial charge in [0.25, 0.3) is 0 Å². The molecule has 0 aromatic carbocycles. The van der Waals surface area contributed by atoms with Crippen molar-refractivity contribution in [2.24, 2.45) is 5.84 Å². The molecule has 3 N–H and O–H groups in total. The third-order valence-electron chi connectivity index (χ3n) is 2.66. The van der Waals surface area contributed by atoms with Gasteiger partial charge in [-0.1, -0.05) is 0 Å². The first-order valence-corrected chi connectivity index (χ1v) is 7.20. The van der Waals surface area contributed by atoms with E-state index in [2.05, 4.69) is 37.9 Å². The van der Waals surface area contributed by atoms with E-state index in [1.165, 1.54) is 0 Å². The van der Waals surface area contributed by atoms with Crippen LogP contribution in [0.4, 0.5) is 0 Å². The highest BCUT2D eigenvalue weighted by atomic mass is 79.9. The maximum Gasteiger partial charge on any atom is 0.0897 e. The zero-order chi connectivity index (χ0) is 13.0. The van der Waals surface area contributed by atoms with Gasteiger partial charge < -0.3 is 4.74 Å². The van der Waals surface area contributed by atoms with Crippen LogP contribution in [-0.2, 0) is 11.3 Å². The van der Waals surface area contributed by atoms with Crippen molar-refractivity contribution in [2.75, 3.05) is 13.7 Å². The molecule has 0 spiro atoms. The zero-order valence-corrected chi connectivity index (χ0v) is 12.4. The van der Waals surface area contributed by atoms with Gasteiger partial charge in [-0.05, 0) is 38.3 Å². The highest BCUT2D eigenvalue weighted by Gasteiger charge is 2.21. The first-order chi connectivity index (χ1) is 8.77. The van der Waals surface area contributed by atoms with Crippen molar-refractivity contribution in [3.05, 3.63) is 38.8 Å². The largest absolute Gasteiger partial charge is 0.383 e. The molecule has 5 nitrogen and oxygen atoms in total. The number of nitrogens with two attached hydrogens (primary N) is 1. The second-order valence-electron chi connectivity index (χ2n) is 3.75. The second-order valence-corrected chi connectivity index (χ2v) is 5.38. The molecule has 0 radical (unpaired) electrons. The van der Waals surface area contributed by atoms with Gasteiger partial charge in [0.1, 0.15) is 0 Å². The van der Waals surface area contributed by atoms with E-state index in [0.717, 1.165) is 15.7 Å². The topological polar surface area (TPSA) is 65.1 Å².